The Morgan fingerprint density at radius 3 is 2.32 bits per heavy atom. The van der Waals surface area contributed by atoms with Gasteiger partial charge in [-0.15, -0.1) is 0 Å². The molecule has 0 saturated carbocycles. The molecule has 1 aliphatic heterocycles. The second-order valence-corrected chi connectivity index (χ2v) is 10.2. The van der Waals surface area contributed by atoms with Gasteiger partial charge in [0.1, 0.15) is 5.75 Å². The van der Waals surface area contributed by atoms with E-state index in [1.165, 1.54) is 12.5 Å². The molecule has 2 atom stereocenters. The molecule has 1 aliphatic rings. The van der Waals surface area contributed by atoms with Crippen molar-refractivity contribution in [1.82, 2.24) is 15.2 Å². The third kappa shape index (κ3) is 6.65. The first-order chi connectivity index (χ1) is 19.9. The Morgan fingerprint density at radius 1 is 0.927 bits per heavy atom. The van der Waals surface area contributed by atoms with Crippen molar-refractivity contribution in [1.29, 1.82) is 0 Å². The van der Waals surface area contributed by atoms with Crippen molar-refractivity contribution in [3.05, 3.63) is 84.4 Å². The number of anilines is 2. The number of pyridine rings is 1. The Morgan fingerprint density at radius 2 is 1.63 bits per heavy atom. The number of carbonyl (C=O) groups excluding carboxylic acids is 2. The molecule has 0 bridgehead atoms. The summed E-state index contributed by atoms with van der Waals surface area (Å²) in [5.74, 6) is 0.442. The van der Waals surface area contributed by atoms with Gasteiger partial charge in [0.2, 0.25) is 5.91 Å². The zero-order valence-corrected chi connectivity index (χ0v) is 23.5. The summed E-state index contributed by atoms with van der Waals surface area (Å²) < 4.78 is 10.8. The number of methoxy groups -OCH3 is 2. The summed E-state index contributed by atoms with van der Waals surface area (Å²) in [6.45, 7) is 4.43. The monoisotopic (exact) mass is 553 g/mol. The number of carbonyl (C=O) groups is 2. The molecule has 0 aliphatic carbocycles. The molecule has 5 rings (SSSR count). The number of hydrogen-bond donors (Lipinski definition) is 3. The van der Waals surface area contributed by atoms with Gasteiger partial charge in [0.25, 0.3) is 0 Å². The van der Waals surface area contributed by atoms with Crippen LogP contribution in [0.25, 0.3) is 22.2 Å². The number of hydrogen-bond acceptors (Lipinski definition) is 6. The molecule has 0 radical (unpaired) electrons. The number of benzene rings is 3. The number of nitrogens with zero attached hydrogens (tertiary/aromatic N) is 2. The number of ether oxygens (including phenoxy) is 2. The summed E-state index contributed by atoms with van der Waals surface area (Å²) in [7, 11) is 3.25. The van der Waals surface area contributed by atoms with E-state index < -0.39 is 0 Å². The van der Waals surface area contributed by atoms with Gasteiger partial charge in [-0.25, -0.2) is 9.78 Å². The molecule has 9 nitrogen and oxygen atoms in total. The Kier molecular flexibility index (Phi) is 8.76. The molecule has 1 saturated heterocycles. The Hall–Kier alpha value is -4.47. The number of rotatable bonds is 9. The summed E-state index contributed by atoms with van der Waals surface area (Å²) in [5.41, 5.74) is 4.46. The average molecular weight is 554 g/mol. The molecule has 4 aromatic rings. The van der Waals surface area contributed by atoms with E-state index in [2.05, 4.69) is 33.0 Å². The predicted molar refractivity (Wildman–Crippen MR) is 161 cm³/mol. The summed E-state index contributed by atoms with van der Waals surface area (Å²) in [5, 5.41) is 9.85. The van der Waals surface area contributed by atoms with Gasteiger partial charge in [-0.2, -0.15) is 0 Å². The van der Waals surface area contributed by atoms with Crippen LogP contribution in [0.5, 0.6) is 5.75 Å². The highest BCUT2D eigenvalue weighted by atomic mass is 16.5. The molecule has 1 fully saturated rings. The molecule has 3 amide bonds. The lowest BCUT2D eigenvalue weighted by molar-refractivity contribution is -0.114. The standard InChI is InChI=1S/C32H35N5O4/c1-21(38)33-27-16-24-17-28(31(23-12-8-5-9-13-23)34-26(24)18-30(27)41-3)35-32(39)36-29-20-37(14-15-40-2)19-25(29)22-10-6-4-7-11-22/h4-13,16-18,25,29H,14-15,19-20H2,1-3H3,(H,33,38)(H2,35,36,39)/t25-,29+/m0/s1. The molecule has 1 aromatic heterocycles. The largest absolute Gasteiger partial charge is 0.494 e. The van der Waals surface area contributed by atoms with Gasteiger partial charge in [0.05, 0.1) is 42.3 Å². The Bertz CT molecular complexity index is 1510. The summed E-state index contributed by atoms with van der Waals surface area (Å²) in [6.07, 6.45) is 0. The van der Waals surface area contributed by atoms with Crippen LogP contribution in [-0.4, -0.2) is 68.3 Å². The quantitative estimate of drug-likeness (QED) is 0.266. The first-order valence-corrected chi connectivity index (χ1v) is 13.6. The fourth-order valence-corrected chi connectivity index (χ4v) is 5.37. The molecule has 9 heteroatoms. The second kappa shape index (κ2) is 12.8. The van der Waals surface area contributed by atoms with Crippen molar-refractivity contribution < 1.29 is 19.1 Å². The number of likely N-dealkylation sites (tertiary alicyclic amines) is 1. The molecule has 2 heterocycles. The Labute approximate surface area is 239 Å². The maximum absolute atomic E-state index is 13.5. The van der Waals surface area contributed by atoms with E-state index in [0.29, 0.717) is 34.9 Å². The number of aromatic nitrogens is 1. The minimum atomic E-state index is -0.307. The highest BCUT2D eigenvalue weighted by molar-refractivity contribution is 6.00. The maximum atomic E-state index is 13.5. The zero-order valence-electron chi connectivity index (χ0n) is 23.5. The van der Waals surface area contributed by atoms with E-state index in [1.807, 2.05) is 54.6 Å². The minimum absolute atomic E-state index is 0.0847. The normalized spacial score (nSPS) is 16.9. The van der Waals surface area contributed by atoms with E-state index in [9.17, 15) is 9.59 Å². The number of nitrogens with one attached hydrogen (secondary N) is 3. The van der Waals surface area contributed by atoms with E-state index >= 15 is 0 Å². The smallest absolute Gasteiger partial charge is 0.319 e. The van der Waals surface area contributed by atoms with Gasteiger partial charge in [0, 0.05) is 56.6 Å². The van der Waals surface area contributed by atoms with Crippen LogP contribution in [0.15, 0.2) is 78.9 Å². The third-order valence-electron chi connectivity index (χ3n) is 7.29. The Balaban J connectivity index is 1.46. The van der Waals surface area contributed by atoms with Gasteiger partial charge < -0.3 is 25.4 Å². The first-order valence-electron chi connectivity index (χ1n) is 13.6. The second-order valence-electron chi connectivity index (χ2n) is 10.2. The number of fused-ring (bicyclic) bond motifs is 1. The number of urea groups is 1. The van der Waals surface area contributed by atoms with Crippen LogP contribution in [0.2, 0.25) is 0 Å². The summed E-state index contributed by atoms with van der Waals surface area (Å²) in [6, 6.07) is 25.1. The lowest BCUT2D eigenvalue weighted by atomic mass is 9.94. The van der Waals surface area contributed by atoms with Crippen LogP contribution in [0.4, 0.5) is 16.2 Å². The topological polar surface area (TPSA) is 105 Å². The van der Waals surface area contributed by atoms with Gasteiger partial charge in [-0.05, 0) is 17.7 Å². The van der Waals surface area contributed by atoms with Crippen molar-refractivity contribution in [3.8, 4) is 17.0 Å². The molecule has 41 heavy (non-hydrogen) atoms. The van der Waals surface area contributed by atoms with Crippen LogP contribution in [0.3, 0.4) is 0 Å². The van der Waals surface area contributed by atoms with Crippen LogP contribution >= 0.6 is 0 Å². The maximum Gasteiger partial charge on any atom is 0.319 e. The molecular formula is C32H35N5O4. The van der Waals surface area contributed by atoms with Crippen molar-refractivity contribution in [2.75, 3.05) is 51.1 Å². The third-order valence-corrected chi connectivity index (χ3v) is 7.29. The van der Waals surface area contributed by atoms with Crippen molar-refractivity contribution in [2.45, 2.75) is 18.9 Å². The molecule has 0 spiro atoms. The molecule has 3 N–H and O–H groups in total. The first kappa shape index (κ1) is 28.1. The van der Waals surface area contributed by atoms with Crippen molar-refractivity contribution in [3.63, 3.8) is 0 Å². The average Bonchev–Trinajstić information content (AvgIpc) is 3.38. The highest BCUT2D eigenvalue weighted by Crippen LogP contribution is 2.35. The van der Waals surface area contributed by atoms with Crippen LogP contribution in [-0.2, 0) is 9.53 Å². The molecular weight excluding hydrogens is 518 g/mol. The van der Waals surface area contributed by atoms with Crippen molar-refractivity contribution >= 4 is 34.2 Å². The summed E-state index contributed by atoms with van der Waals surface area (Å²) >= 11 is 0. The van der Waals surface area contributed by atoms with E-state index in [4.69, 9.17) is 14.5 Å². The molecule has 0 unspecified atom stereocenters. The molecule has 212 valence electrons. The fourth-order valence-electron chi connectivity index (χ4n) is 5.37. The van der Waals surface area contributed by atoms with Gasteiger partial charge in [-0.3, -0.25) is 9.69 Å². The number of amides is 3. The fraction of sp³-hybridized carbons (Fsp3) is 0.281. The van der Waals surface area contributed by atoms with E-state index in [-0.39, 0.29) is 23.9 Å². The zero-order chi connectivity index (χ0) is 28.8. The van der Waals surface area contributed by atoms with Crippen molar-refractivity contribution in [2.24, 2.45) is 0 Å². The summed E-state index contributed by atoms with van der Waals surface area (Å²) in [4.78, 5) is 32.5. The lowest BCUT2D eigenvalue weighted by Crippen LogP contribution is -2.42. The van der Waals surface area contributed by atoms with Gasteiger partial charge in [-0.1, -0.05) is 60.7 Å². The van der Waals surface area contributed by atoms with Crippen LogP contribution < -0.4 is 20.7 Å². The van der Waals surface area contributed by atoms with Crippen LogP contribution in [0, 0.1) is 0 Å². The van der Waals surface area contributed by atoms with E-state index in [0.717, 1.165) is 30.6 Å². The SMILES string of the molecule is COCCN1C[C@@H](NC(=O)Nc2cc3cc(NC(C)=O)c(OC)cc3nc2-c2ccccc2)[C@H](c2ccccc2)C1. The highest BCUT2D eigenvalue weighted by Gasteiger charge is 2.34. The van der Waals surface area contributed by atoms with Gasteiger partial charge >= 0.3 is 6.03 Å². The van der Waals surface area contributed by atoms with E-state index in [1.54, 1.807) is 26.4 Å². The molecule has 3 aromatic carbocycles. The minimum Gasteiger partial charge on any atom is -0.494 e. The van der Waals surface area contributed by atoms with Gasteiger partial charge in [0.15, 0.2) is 0 Å². The van der Waals surface area contributed by atoms with Crippen LogP contribution in [0.1, 0.15) is 18.4 Å². The lowest BCUT2D eigenvalue weighted by Gasteiger charge is -2.21. The predicted octanol–water partition coefficient (Wildman–Crippen LogP) is 5.10.